The Labute approximate surface area is 169 Å². The Hall–Kier alpha value is -3.15. The Morgan fingerprint density at radius 2 is 1.45 bits per heavy atom. The van der Waals surface area contributed by atoms with Crippen LogP contribution in [0, 0.1) is 5.92 Å². The average Bonchev–Trinajstić information content (AvgIpc) is 2.78. The molecule has 1 atom stereocenters. The van der Waals surface area contributed by atoms with E-state index in [2.05, 4.69) is 0 Å². The predicted molar refractivity (Wildman–Crippen MR) is 105 cm³/mol. The largest absolute Gasteiger partial charge is 0.468 e. The van der Waals surface area contributed by atoms with Crippen LogP contribution in [-0.4, -0.2) is 38.2 Å². The number of carbonyl (C=O) groups excluding carboxylic acids is 3. The second kappa shape index (κ2) is 8.90. The van der Waals surface area contributed by atoms with Gasteiger partial charge in [-0.25, -0.2) is 0 Å². The fourth-order valence-corrected chi connectivity index (χ4v) is 4.11. The number of carbonyl (C=O) groups is 3. The van der Waals surface area contributed by atoms with E-state index in [0.29, 0.717) is 6.42 Å². The number of methoxy groups -OCH3 is 2. The maximum absolute atomic E-state index is 12.3. The lowest BCUT2D eigenvalue weighted by Gasteiger charge is -2.45. The summed E-state index contributed by atoms with van der Waals surface area (Å²) in [5.41, 5.74) is 1.21. The highest BCUT2D eigenvalue weighted by atomic mass is 16.6. The van der Waals surface area contributed by atoms with Gasteiger partial charge in [0, 0.05) is 12.8 Å². The Morgan fingerprint density at radius 3 is 1.90 bits per heavy atom. The third-order valence-corrected chi connectivity index (χ3v) is 5.55. The highest BCUT2D eigenvalue weighted by Gasteiger charge is 2.50. The van der Waals surface area contributed by atoms with Crippen LogP contribution in [-0.2, 0) is 34.0 Å². The van der Waals surface area contributed by atoms with Crippen LogP contribution < -0.4 is 0 Å². The highest BCUT2D eigenvalue weighted by Crippen LogP contribution is 2.46. The van der Waals surface area contributed by atoms with Gasteiger partial charge in [-0.15, -0.1) is 0 Å². The SMILES string of the molecule is COC(=O)C(C[C@@H]1OC(=O)CCC1(c1ccccc1)c1ccccc1)C(=O)OC. The minimum absolute atomic E-state index is 0.0329. The highest BCUT2D eigenvalue weighted by molar-refractivity contribution is 5.95. The standard InChI is InChI=1S/C23H24O6/c1-27-21(25)18(22(26)28-2)15-19-23(14-13-20(24)29-19,16-9-5-3-6-10-16)17-11-7-4-8-12-17/h3-12,18-19H,13-15H2,1-2H3/t19-/m0/s1. The van der Waals surface area contributed by atoms with Crippen molar-refractivity contribution in [1.82, 2.24) is 0 Å². The summed E-state index contributed by atoms with van der Waals surface area (Å²) in [6, 6.07) is 19.4. The number of benzene rings is 2. The van der Waals surface area contributed by atoms with Crippen molar-refractivity contribution in [2.24, 2.45) is 5.92 Å². The molecule has 0 aliphatic carbocycles. The van der Waals surface area contributed by atoms with E-state index in [4.69, 9.17) is 14.2 Å². The molecule has 3 rings (SSSR count). The molecule has 0 unspecified atom stereocenters. The topological polar surface area (TPSA) is 78.9 Å². The number of rotatable bonds is 6. The number of esters is 3. The van der Waals surface area contributed by atoms with Crippen molar-refractivity contribution in [3.8, 4) is 0 Å². The van der Waals surface area contributed by atoms with Crippen molar-refractivity contribution in [3.63, 3.8) is 0 Å². The quantitative estimate of drug-likeness (QED) is 0.424. The molecule has 0 radical (unpaired) electrons. The van der Waals surface area contributed by atoms with Crippen LogP contribution in [0.15, 0.2) is 60.7 Å². The molecule has 0 bridgehead atoms. The van der Waals surface area contributed by atoms with Crippen molar-refractivity contribution in [1.29, 1.82) is 0 Å². The maximum atomic E-state index is 12.3. The third kappa shape index (κ3) is 4.01. The van der Waals surface area contributed by atoms with Crippen molar-refractivity contribution in [3.05, 3.63) is 71.8 Å². The number of ether oxygens (including phenoxy) is 3. The zero-order valence-corrected chi connectivity index (χ0v) is 16.5. The van der Waals surface area contributed by atoms with Gasteiger partial charge in [0.05, 0.1) is 19.6 Å². The van der Waals surface area contributed by atoms with Crippen LogP contribution in [0.1, 0.15) is 30.4 Å². The summed E-state index contributed by atoms with van der Waals surface area (Å²) in [7, 11) is 2.43. The predicted octanol–water partition coefficient (Wildman–Crippen LogP) is 3.03. The number of hydrogen-bond acceptors (Lipinski definition) is 6. The van der Waals surface area contributed by atoms with Gasteiger partial charge in [0.1, 0.15) is 6.10 Å². The van der Waals surface area contributed by atoms with E-state index in [1.165, 1.54) is 14.2 Å². The molecule has 0 saturated carbocycles. The van der Waals surface area contributed by atoms with Crippen LogP contribution in [0.4, 0.5) is 0 Å². The molecule has 29 heavy (non-hydrogen) atoms. The van der Waals surface area contributed by atoms with Gasteiger partial charge in [0.15, 0.2) is 5.92 Å². The molecular formula is C23H24O6. The normalized spacial score (nSPS) is 18.0. The molecule has 0 spiro atoms. The van der Waals surface area contributed by atoms with E-state index in [0.717, 1.165) is 11.1 Å². The zero-order valence-electron chi connectivity index (χ0n) is 16.5. The molecule has 2 aromatic rings. The molecule has 6 nitrogen and oxygen atoms in total. The van der Waals surface area contributed by atoms with Crippen LogP contribution in [0.2, 0.25) is 0 Å². The molecule has 1 aliphatic rings. The van der Waals surface area contributed by atoms with E-state index >= 15 is 0 Å². The van der Waals surface area contributed by atoms with Crippen molar-refractivity contribution < 1.29 is 28.6 Å². The summed E-state index contributed by atoms with van der Waals surface area (Å²) in [6.07, 6.45) is -0.0349. The fraction of sp³-hybridized carbons (Fsp3) is 0.348. The molecule has 1 aliphatic heterocycles. The lowest BCUT2D eigenvalue weighted by atomic mass is 9.64. The maximum Gasteiger partial charge on any atom is 0.320 e. The summed E-state index contributed by atoms with van der Waals surface area (Å²) >= 11 is 0. The molecule has 1 fully saturated rings. The summed E-state index contributed by atoms with van der Waals surface area (Å²) in [4.78, 5) is 36.8. The Bertz CT molecular complexity index is 806. The zero-order chi connectivity index (χ0) is 20.9. The summed E-state index contributed by atoms with van der Waals surface area (Å²) < 4.78 is 15.4. The van der Waals surface area contributed by atoms with Crippen LogP contribution in [0.25, 0.3) is 0 Å². The number of cyclic esters (lactones) is 1. The van der Waals surface area contributed by atoms with Crippen molar-refractivity contribution >= 4 is 17.9 Å². The van der Waals surface area contributed by atoms with Gasteiger partial charge in [-0.3, -0.25) is 14.4 Å². The molecule has 1 saturated heterocycles. The monoisotopic (exact) mass is 396 g/mol. The van der Waals surface area contributed by atoms with E-state index < -0.39 is 29.4 Å². The second-order valence-corrected chi connectivity index (χ2v) is 7.02. The summed E-state index contributed by atoms with van der Waals surface area (Å²) in [5, 5.41) is 0. The average molecular weight is 396 g/mol. The van der Waals surface area contributed by atoms with E-state index in [1.54, 1.807) is 0 Å². The van der Waals surface area contributed by atoms with Crippen LogP contribution in [0.5, 0.6) is 0 Å². The molecule has 6 heteroatoms. The van der Waals surface area contributed by atoms with Gasteiger partial charge < -0.3 is 14.2 Å². The van der Waals surface area contributed by atoms with E-state index in [1.807, 2.05) is 60.7 Å². The van der Waals surface area contributed by atoms with Gasteiger partial charge >= 0.3 is 17.9 Å². The third-order valence-electron chi connectivity index (χ3n) is 5.55. The Balaban J connectivity index is 2.13. The summed E-state index contributed by atoms with van der Waals surface area (Å²) in [5.74, 6) is -2.97. The van der Waals surface area contributed by atoms with Crippen molar-refractivity contribution in [2.75, 3.05) is 14.2 Å². The van der Waals surface area contributed by atoms with Gasteiger partial charge in [0.25, 0.3) is 0 Å². The van der Waals surface area contributed by atoms with E-state index in [-0.39, 0.29) is 18.8 Å². The molecule has 0 amide bonds. The lowest BCUT2D eigenvalue weighted by Crippen LogP contribution is -2.49. The minimum atomic E-state index is -1.19. The number of hydrogen-bond donors (Lipinski definition) is 0. The van der Waals surface area contributed by atoms with Crippen molar-refractivity contribution in [2.45, 2.75) is 30.8 Å². The van der Waals surface area contributed by atoms with E-state index in [9.17, 15) is 14.4 Å². The Morgan fingerprint density at radius 1 is 0.966 bits per heavy atom. The van der Waals surface area contributed by atoms with Gasteiger partial charge in [-0.1, -0.05) is 60.7 Å². The van der Waals surface area contributed by atoms with Gasteiger partial charge in [-0.05, 0) is 17.5 Å². The van der Waals surface area contributed by atoms with Crippen LogP contribution in [0.3, 0.4) is 0 Å². The minimum Gasteiger partial charge on any atom is -0.468 e. The molecular weight excluding hydrogens is 372 g/mol. The first-order valence-electron chi connectivity index (χ1n) is 9.49. The molecule has 0 aromatic heterocycles. The molecule has 1 heterocycles. The van der Waals surface area contributed by atoms with Crippen LogP contribution >= 0.6 is 0 Å². The lowest BCUT2D eigenvalue weighted by molar-refractivity contribution is -0.169. The second-order valence-electron chi connectivity index (χ2n) is 7.02. The Kier molecular flexibility index (Phi) is 6.32. The molecule has 2 aromatic carbocycles. The molecule has 0 N–H and O–H groups in total. The first-order chi connectivity index (χ1) is 14.0. The fourth-order valence-electron chi connectivity index (χ4n) is 4.11. The molecule has 152 valence electrons. The first-order valence-corrected chi connectivity index (χ1v) is 9.49. The van der Waals surface area contributed by atoms with Gasteiger partial charge in [0.2, 0.25) is 0 Å². The summed E-state index contributed by atoms with van der Waals surface area (Å²) in [6.45, 7) is 0. The van der Waals surface area contributed by atoms with Gasteiger partial charge in [-0.2, -0.15) is 0 Å². The smallest absolute Gasteiger partial charge is 0.320 e. The first kappa shape index (κ1) is 20.6.